The first kappa shape index (κ1) is 23.5. The molecule has 0 saturated carbocycles. The molecule has 4 rings (SSSR count). The molecule has 34 heavy (non-hydrogen) atoms. The Morgan fingerprint density at radius 2 is 1.79 bits per heavy atom. The van der Waals surface area contributed by atoms with Gasteiger partial charge in [0.2, 0.25) is 0 Å². The first-order chi connectivity index (χ1) is 16.5. The van der Waals surface area contributed by atoms with Crippen molar-refractivity contribution in [2.24, 2.45) is 5.10 Å². The molecule has 4 aromatic rings. The zero-order valence-corrected chi connectivity index (χ0v) is 20.2. The highest BCUT2D eigenvalue weighted by Crippen LogP contribution is 2.34. The van der Waals surface area contributed by atoms with E-state index in [1.165, 1.54) is 19.4 Å². The van der Waals surface area contributed by atoms with Gasteiger partial charge in [-0.05, 0) is 69.3 Å². The van der Waals surface area contributed by atoms with E-state index in [4.69, 9.17) is 9.47 Å². The molecular weight excluding hydrogens is 550 g/mol. The van der Waals surface area contributed by atoms with E-state index in [1.54, 1.807) is 42.5 Å². The molecule has 0 aliphatic heterocycles. The van der Waals surface area contributed by atoms with Crippen molar-refractivity contribution in [2.45, 2.75) is 6.61 Å². The van der Waals surface area contributed by atoms with Crippen LogP contribution in [0.15, 0.2) is 77.9 Å². The number of fused-ring (bicyclic) bond motifs is 1. The van der Waals surface area contributed by atoms with E-state index in [0.29, 0.717) is 22.6 Å². The molecule has 0 fully saturated rings. The zero-order chi connectivity index (χ0) is 24.1. The van der Waals surface area contributed by atoms with Crippen LogP contribution < -0.4 is 14.9 Å². The zero-order valence-electron chi connectivity index (χ0n) is 18.1. The van der Waals surface area contributed by atoms with Gasteiger partial charge in [-0.2, -0.15) is 5.10 Å². The minimum absolute atomic E-state index is 0.0534. The molecule has 0 spiro atoms. The van der Waals surface area contributed by atoms with Crippen molar-refractivity contribution >= 4 is 45.5 Å². The maximum atomic E-state index is 13.9. The Labute approximate surface area is 209 Å². The van der Waals surface area contributed by atoms with E-state index < -0.39 is 5.91 Å². The van der Waals surface area contributed by atoms with Crippen molar-refractivity contribution in [3.8, 4) is 17.2 Å². The molecule has 0 aliphatic carbocycles. The number of nitrogens with zero attached hydrogens (tertiary/aromatic N) is 1. The number of phenolic OH excluding ortho intramolecular Hbond substituents is 1. The van der Waals surface area contributed by atoms with Crippen LogP contribution in [0.5, 0.6) is 17.2 Å². The number of amides is 1. The number of hydrazone groups is 1. The van der Waals surface area contributed by atoms with Crippen molar-refractivity contribution < 1.29 is 23.8 Å². The van der Waals surface area contributed by atoms with Crippen LogP contribution in [-0.4, -0.2) is 24.3 Å². The molecule has 0 radical (unpaired) electrons. The van der Waals surface area contributed by atoms with Crippen LogP contribution in [0.25, 0.3) is 10.8 Å². The Balaban J connectivity index is 1.48. The third-order valence-corrected chi connectivity index (χ3v) is 5.87. The predicted molar refractivity (Wildman–Crippen MR) is 137 cm³/mol. The number of phenols is 1. The molecule has 0 unspecified atom stereocenters. The van der Waals surface area contributed by atoms with E-state index in [9.17, 15) is 14.3 Å². The van der Waals surface area contributed by atoms with Crippen LogP contribution >= 0.6 is 22.6 Å². The highest BCUT2D eigenvalue weighted by atomic mass is 127. The summed E-state index contributed by atoms with van der Waals surface area (Å²) in [6.07, 6.45) is 1.46. The molecule has 0 bridgehead atoms. The number of ether oxygens (including phenoxy) is 2. The van der Waals surface area contributed by atoms with E-state index in [2.05, 4.69) is 33.1 Å². The van der Waals surface area contributed by atoms with Crippen LogP contribution in [0.1, 0.15) is 21.5 Å². The van der Waals surface area contributed by atoms with Gasteiger partial charge in [-0.15, -0.1) is 0 Å². The summed E-state index contributed by atoms with van der Waals surface area (Å²) in [6.45, 7) is 0.0534. The summed E-state index contributed by atoms with van der Waals surface area (Å²) >= 11 is 2.09. The molecule has 1 amide bonds. The minimum atomic E-state index is -0.536. The highest BCUT2D eigenvalue weighted by Gasteiger charge is 2.14. The van der Waals surface area contributed by atoms with E-state index in [1.807, 2.05) is 24.3 Å². The van der Waals surface area contributed by atoms with Gasteiger partial charge in [0.15, 0.2) is 11.5 Å². The number of hydrogen-bond donors (Lipinski definition) is 2. The average Bonchev–Trinajstić information content (AvgIpc) is 2.83. The fourth-order valence-corrected chi connectivity index (χ4v) is 4.14. The number of carbonyl (C=O) groups excluding carboxylic acids is 1. The molecule has 0 aromatic heterocycles. The Morgan fingerprint density at radius 1 is 1.09 bits per heavy atom. The number of hydrogen-bond acceptors (Lipinski definition) is 5. The summed E-state index contributed by atoms with van der Waals surface area (Å²) in [5.41, 5.74) is 3.65. The first-order valence-electron chi connectivity index (χ1n) is 10.2. The minimum Gasteiger partial charge on any atom is -0.507 e. The molecule has 4 aromatic carbocycles. The fourth-order valence-electron chi connectivity index (χ4n) is 3.36. The Morgan fingerprint density at radius 3 is 2.53 bits per heavy atom. The second-order valence-electron chi connectivity index (χ2n) is 7.33. The van der Waals surface area contributed by atoms with Crippen LogP contribution in [-0.2, 0) is 6.61 Å². The highest BCUT2D eigenvalue weighted by molar-refractivity contribution is 14.1. The molecule has 0 saturated heterocycles. The monoisotopic (exact) mass is 570 g/mol. The predicted octanol–water partition coefficient (Wildman–Crippen LogP) is 5.64. The summed E-state index contributed by atoms with van der Waals surface area (Å²) in [5, 5.41) is 15.9. The van der Waals surface area contributed by atoms with Gasteiger partial charge >= 0.3 is 0 Å². The van der Waals surface area contributed by atoms with Gasteiger partial charge in [-0.25, -0.2) is 9.82 Å². The second kappa shape index (κ2) is 10.5. The number of carbonyl (C=O) groups is 1. The largest absolute Gasteiger partial charge is 0.507 e. The second-order valence-corrected chi connectivity index (χ2v) is 8.49. The molecule has 0 heterocycles. The molecule has 8 heteroatoms. The SMILES string of the molecule is COc1cc(C=NNC(=O)c2cc3ccccc3cc2O)cc(I)c1OCc1ccccc1F. The molecule has 172 valence electrons. The van der Waals surface area contributed by atoms with Gasteiger partial charge in [-0.3, -0.25) is 4.79 Å². The van der Waals surface area contributed by atoms with Crippen LogP contribution in [0, 0.1) is 9.39 Å². The Hall–Kier alpha value is -3.66. The van der Waals surface area contributed by atoms with Crippen molar-refractivity contribution in [2.75, 3.05) is 7.11 Å². The standard InChI is InChI=1S/C26H20FIN2O4/c1-33-24-11-16(10-22(28)25(24)34-15-19-8-4-5-9-21(19)27)14-29-30-26(32)20-12-17-6-2-3-7-18(17)13-23(20)31/h2-14,31H,15H2,1H3,(H,30,32). The number of halogens is 2. The summed E-state index contributed by atoms with van der Waals surface area (Å²) in [5.74, 6) is -0.0739. The maximum absolute atomic E-state index is 13.9. The number of methoxy groups -OCH3 is 1. The lowest BCUT2D eigenvalue weighted by Crippen LogP contribution is -2.17. The number of benzene rings is 4. The summed E-state index contributed by atoms with van der Waals surface area (Å²) in [6, 6.07) is 20.5. The third kappa shape index (κ3) is 5.28. The molecular formula is C26H20FIN2O4. The van der Waals surface area contributed by atoms with Gasteiger partial charge < -0.3 is 14.6 Å². The topological polar surface area (TPSA) is 80.2 Å². The molecule has 6 nitrogen and oxygen atoms in total. The molecule has 2 N–H and O–H groups in total. The lowest BCUT2D eigenvalue weighted by atomic mass is 10.1. The Bertz CT molecular complexity index is 1390. The van der Waals surface area contributed by atoms with E-state index in [-0.39, 0.29) is 23.7 Å². The van der Waals surface area contributed by atoms with Crippen LogP contribution in [0.3, 0.4) is 0 Å². The summed E-state index contributed by atoms with van der Waals surface area (Å²) in [4.78, 5) is 12.5. The number of rotatable bonds is 7. The third-order valence-electron chi connectivity index (χ3n) is 5.07. The van der Waals surface area contributed by atoms with Gasteiger partial charge in [-0.1, -0.05) is 42.5 Å². The molecule has 0 aliphatic rings. The lowest BCUT2D eigenvalue weighted by Gasteiger charge is -2.14. The van der Waals surface area contributed by atoms with Crippen molar-refractivity contribution in [1.82, 2.24) is 5.43 Å². The normalized spacial score (nSPS) is 11.0. The van der Waals surface area contributed by atoms with E-state index >= 15 is 0 Å². The number of nitrogens with one attached hydrogen (secondary N) is 1. The first-order valence-corrected chi connectivity index (χ1v) is 11.3. The lowest BCUT2D eigenvalue weighted by molar-refractivity contribution is 0.0952. The summed E-state index contributed by atoms with van der Waals surface area (Å²) in [7, 11) is 1.51. The van der Waals surface area contributed by atoms with Gasteiger partial charge in [0, 0.05) is 5.56 Å². The van der Waals surface area contributed by atoms with E-state index in [0.717, 1.165) is 14.3 Å². The van der Waals surface area contributed by atoms with Gasteiger partial charge in [0.25, 0.3) is 5.91 Å². The van der Waals surface area contributed by atoms with Crippen LogP contribution in [0.4, 0.5) is 4.39 Å². The fraction of sp³-hybridized carbons (Fsp3) is 0.0769. The molecule has 0 atom stereocenters. The van der Waals surface area contributed by atoms with Crippen LogP contribution in [0.2, 0.25) is 0 Å². The average molecular weight is 570 g/mol. The van der Waals surface area contributed by atoms with Crippen molar-refractivity contribution in [1.29, 1.82) is 0 Å². The van der Waals surface area contributed by atoms with Crippen molar-refractivity contribution in [3.63, 3.8) is 0 Å². The van der Waals surface area contributed by atoms with Gasteiger partial charge in [0.05, 0.1) is 22.5 Å². The Kier molecular flexibility index (Phi) is 7.27. The quantitative estimate of drug-likeness (QED) is 0.171. The summed E-state index contributed by atoms with van der Waals surface area (Å²) < 4.78 is 25.9. The van der Waals surface area contributed by atoms with Crippen molar-refractivity contribution in [3.05, 3.63) is 98.9 Å². The van der Waals surface area contributed by atoms with Gasteiger partial charge in [0.1, 0.15) is 18.2 Å². The maximum Gasteiger partial charge on any atom is 0.275 e. The smallest absolute Gasteiger partial charge is 0.275 e. The number of aromatic hydroxyl groups is 1.